The second-order valence-electron chi connectivity index (χ2n) is 3.41. The Hall–Kier alpha value is -1.78. The fourth-order valence-electron chi connectivity index (χ4n) is 1.37. The molecule has 0 aromatic carbocycles. The number of nitrogens with zero attached hydrogens (tertiary/aromatic N) is 3. The Balaban J connectivity index is 2.88. The fraction of sp³-hybridized carbons (Fsp3) is 0.333. The van der Waals surface area contributed by atoms with E-state index in [1.165, 1.54) is 6.20 Å². The van der Waals surface area contributed by atoms with E-state index in [4.69, 9.17) is 0 Å². The summed E-state index contributed by atoms with van der Waals surface area (Å²) in [5.74, 6) is 0.231. The Morgan fingerprint density at radius 2 is 2.07 bits per heavy atom. The maximum atomic E-state index is 11.4. The highest BCUT2D eigenvalue weighted by Crippen LogP contribution is 2.18. The number of aromatic amines is 1. The van der Waals surface area contributed by atoms with Crippen LogP contribution < -0.4 is 5.56 Å². The average Bonchev–Trinajstić information content (AvgIpc) is 2.17. The molecule has 0 saturated carbocycles. The molecule has 0 aliphatic carbocycles. The predicted octanol–water partition coefficient (Wildman–Crippen LogP) is 0.836. The SMILES string of the molecule is CC(C)c1nncc2c(=O)[nH]ncc12. The maximum Gasteiger partial charge on any atom is 0.273 e. The van der Waals surface area contributed by atoms with Crippen molar-refractivity contribution in [1.29, 1.82) is 0 Å². The molecule has 72 valence electrons. The van der Waals surface area contributed by atoms with E-state index in [0.29, 0.717) is 5.39 Å². The van der Waals surface area contributed by atoms with Crippen LogP contribution in [0.1, 0.15) is 25.5 Å². The number of nitrogens with one attached hydrogen (secondary N) is 1. The molecule has 1 N–H and O–H groups in total. The summed E-state index contributed by atoms with van der Waals surface area (Å²) < 4.78 is 0. The molecule has 14 heavy (non-hydrogen) atoms. The summed E-state index contributed by atoms with van der Waals surface area (Å²) in [7, 11) is 0. The van der Waals surface area contributed by atoms with E-state index >= 15 is 0 Å². The summed E-state index contributed by atoms with van der Waals surface area (Å²) >= 11 is 0. The first-order chi connectivity index (χ1) is 6.70. The Kier molecular flexibility index (Phi) is 1.99. The average molecular weight is 190 g/mol. The molecule has 0 bridgehead atoms. The molecule has 5 heteroatoms. The van der Waals surface area contributed by atoms with Crippen molar-refractivity contribution >= 4 is 10.8 Å². The number of hydrogen-bond acceptors (Lipinski definition) is 4. The van der Waals surface area contributed by atoms with Gasteiger partial charge in [-0.3, -0.25) is 4.79 Å². The van der Waals surface area contributed by atoms with Gasteiger partial charge >= 0.3 is 0 Å². The highest BCUT2D eigenvalue weighted by atomic mass is 16.1. The summed E-state index contributed by atoms with van der Waals surface area (Å²) in [5, 5.41) is 15.2. The van der Waals surface area contributed by atoms with E-state index in [-0.39, 0.29) is 11.5 Å². The highest BCUT2D eigenvalue weighted by Gasteiger charge is 2.09. The number of hydrogen-bond donors (Lipinski definition) is 1. The molecule has 0 amide bonds. The van der Waals surface area contributed by atoms with E-state index in [1.807, 2.05) is 13.8 Å². The van der Waals surface area contributed by atoms with Crippen molar-refractivity contribution in [1.82, 2.24) is 20.4 Å². The summed E-state index contributed by atoms with van der Waals surface area (Å²) in [4.78, 5) is 11.4. The Morgan fingerprint density at radius 3 is 2.79 bits per heavy atom. The molecule has 2 heterocycles. The van der Waals surface area contributed by atoms with Gasteiger partial charge in [-0.15, -0.1) is 0 Å². The van der Waals surface area contributed by atoms with E-state index < -0.39 is 0 Å². The normalized spacial score (nSPS) is 11.1. The number of H-pyrrole nitrogens is 1. The zero-order chi connectivity index (χ0) is 10.1. The molecule has 0 fully saturated rings. The second kappa shape index (κ2) is 3.17. The number of rotatable bonds is 1. The van der Waals surface area contributed by atoms with Crippen LogP contribution >= 0.6 is 0 Å². The first-order valence-corrected chi connectivity index (χ1v) is 4.39. The summed E-state index contributed by atoms with van der Waals surface area (Å²) in [5.41, 5.74) is 0.584. The van der Waals surface area contributed by atoms with Crippen molar-refractivity contribution in [3.05, 3.63) is 28.4 Å². The van der Waals surface area contributed by atoms with Gasteiger partial charge < -0.3 is 0 Å². The van der Waals surface area contributed by atoms with Gasteiger partial charge in [-0.2, -0.15) is 15.3 Å². The standard InChI is InChI=1S/C9H10N4O/c1-5(2)8-6-3-11-13-9(14)7(6)4-10-12-8/h3-5H,1-2H3,(H,13,14). The molecule has 0 radical (unpaired) electrons. The van der Waals surface area contributed by atoms with Crippen molar-refractivity contribution in [3.8, 4) is 0 Å². The van der Waals surface area contributed by atoms with Gasteiger partial charge in [0.25, 0.3) is 5.56 Å². The molecule has 0 atom stereocenters. The zero-order valence-corrected chi connectivity index (χ0v) is 7.98. The predicted molar refractivity (Wildman–Crippen MR) is 52.0 cm³/mol. The molecular weight excluding hydrogens is 180 g/mol. The minimum absolute atomic E-state index is 0.223. The van der Waals surface area contributed by atoms with E-state index in [9.17, 15) is 4.79 Å². The van der Waals surface area contributed by atoms with Crippen LogP contribution in [0, 0.1) is 0 Å². The van der Waals surface area contributed by atoms with Crippen molar-refractivity contribution in [2.24, 2.45) is 0 Å². The largest absolute Gasteiger partial charge is 0.273 e. The smallest absolute Gasteiger partial charge is 0.267 e. The lowest BCUT2D eigenvalue weighted by atomic mass is 10.1. The van der Waals surface area contributed by atoms with Crippen LogP contribution in [-0.2, 0) is 0 Å². The van der Waals surface area contributed by atoms with Gasteiger partial charge in [0.05, 0.1) is 23.5 Å². The maximum absolute atomic E-state index is 11.4. The summed E-state index contributed by atoms with van der Waals surface area (Å²) in [6.45, 7) is 4.01. The summed E-state index contributed by atoms with van der Waals surface area (Å²) in [6, 6.07) is 0. The van der Waals surface area contributed by atoms with Crippen LogP contribution in [-0.4, -0.2) is 20.4 Å². The van der Waals surface area contributed by atoms with Crippen LogP contribution in [0.5, 0.6) is 0 Å². The molecule has 2 aromatic rings. The number of aromatic nitrogens is 4. The van der Waals surface area contributed by atoms with Gasteiger partial charge in [-0.1, -0.05) is 13.8 Å². The van der Waals surface area contributed by atoms with Crippen LogP contribution in [0.25, 0.3) is 10.8 Å². The zero-order valence-electron chi connectivity index (χ0n) is 7.98. The summed E-state index contributed by atoms with van der Waals surface area (Å²) in [6.07, 6.45) is 3.07. The molecule has 0 saturated heterocycles. The van der Waals surface area contributed by atoms with E-state index in [1.54, 1.807) is 6.20 Å². The Morgan fingerprint density at radius 1 is 1.29 bits per heavy atom. The topological polar surface area (TPSA) is 71.5 Å². The van der Waals surface area contributed by atoms with Gasteiger partial charge in [-0.05, 0) is 5.92 Å². The van der Waals surface area contributed by atoms with Crippen molar-refractivity contribution < 1.29 is 0 Å². The van der Waals surface area contributed by atoms with Crippen LogP contribution in [0.4, 0.5) is 0 Å². The molecule has 0 aliphatic rings. The molecule has 0 spiro atoms. The fourth-order valence-corrected chi connectivity index (χ4v) is 1.37. The lowest BCUT2D eigenvalue weighted by molar-refractivity contribution is 0.796. The molecule has 0 aliphatic heterocycles. The van der Waals surface area contributed by atoms with Gasteiger partial charge in [0.2, 0.25) is 0 Å². The first-order valence-electron chi connectivity index (χ1n) is 4.39. The lowest BCUT2D eigenvalue weighted by Gasteiger charge is -2.05. The van der Waals surface area contributed by atoms with Crippen LogP contribution in [0.3, 0.4) is 0 Å². The third-order valence-corrected chi connectivity index (χ3v) is 2.07. The molecular formula is C9H10N4O. The van der Waals surface area contributed by atoms with Gasteiger partial charge in [0, 0.05) is 5.39 Å². The molecule has 2 aromatic heterocycles. The van der Waals surface area contributed by atoms with E-state index in [0.717, 1.165) is 11.1 Å². The molecule has 2 rings (SSSR count). The Labute approximate surface area is 80.2 Å². The van der Waals surface area contributed by atoms with Crippen molar-refractivity contribution in [2.45, 2.75) is 19.8 Å². The number of fused-ring (bicyclic) bond motifs is 1. The third kappa shape index (κ3) is 1.26. The van der Waals surface area contributed by atoms with Gasteiger partial charge in [-0.25, -0.2) is 5.10 Å². The van der Waals surface area contributed by atoms with Gasteiger partial charge in [0.15, 0.2) is 0 Å². The quantitative estimate of drug-likeness (QED) is 0.723. The first kappa shape index (κ1) is 8.80. The Bertz CT molecular complexity index is 517. The monoisotopic (exact) mass is 190 g/mol. The molecule has 0 unspecified atom stereocenters. The minimum Gasteiger partial charge on any atom is -0.267 e. The third-order valence-electron chi connectivity index (χ3n) is 2.07. The second-order valence-corrected chi connectivity index (χ2v) is 3.41. The minimum atomic E-state index is -0.223. The highest BCUT2D eigenvalue weighted by molar-refractivity contribution is 5.81. The van der Waals surface area contributed by atoms with Crippen molar-refractivity contribution in [3.63, 3.8) is 0 Å². The van der Waals surface area contributed by atoms with Crippen LogP contribution in [0.15, 0.2) is 17.2 Å². The lowest BCUT2D eigenvalue weighted by Crippen LogP contribution is -2.10. The molecule has 5 nitrogen and oxygen atoms in total. The van der Waals surface area contributed by atoms with Crippen LogP contribution in [0.2, 0.25) is 0 Å². The van der Waals surface area contributed by atoms with Gasteiger partial charge in [0.1, 0.15) is 0 Å². The van der Waals surface area contributed by atoms with E-state index in [2.05, 4.69) is 20.4 Å². The van der Waals surface area contributed by atoms with Crippen molar-refractivity contribution in [2.75, 3.05) is 0 Å².